The first-order chi connectivity index (χ1) is 8.52. The van der Waals surface area contributed by atoms with Crippen LogP contribution < -0.4 is 5.32 Å². The van der Waals surface area contributed by atoms with E-state index in [9.17, 15) is 0 Å². The molecule has 18 heavy (non-hydrogen) atoms. The summed E-state index contributed by atoms with van der Waals surface area (Å²) in [5.74, 6) is 0.832. The Hall–Kier alpha value is -0.340. The van der Waals surface area contributed by atoms with Crippen molar-refractivity contribution in [1.29, 1.82) is 0 Å². The third-order valence-corrected chi connectivity index (χ3v) is 4.82. The molecule has 0 aliphatic heterocycles. The van der Waals surface area contributed by atoms with Crippen molar-refractivity contribution in [2.45, 2.75) is 72.4 Å². The van der Waals surface area contributed by atoms with Crippen LogP contribution in [0.3, 0.4) is 0 Å². The summed E-state index contributed by atoms with van der Waals surface area (Å²) in [5.41, 5.74) is 0. The summed E-state index contributed by atoms with van der Waals surface area (Å²) in [5, 5.41) is 3.72. The van der Waals surface area contributed by atoms with Crippen LogP contribution in [-0.4, -0.2) is 6.04 Å². The smallest absolute Gasteiger partial charge is 0.0388 e. The summed E-state index contributed by atoms with van der Waals surface area (Å²) in [6.45, 7) is 11.4. The van der Waals surface area contributed by atoms with E-state index in [1.807, 2.05) is 11.3 Å². The molecule has 1 aromatic rings. The molecule has 2 atom stereocenters. The Bertz CT molecular complexity index is 330. The zero-order chi connectivity index (χ0) is 13.5. The Morgan fingerprint density at radius 1 is 1.11 bits per heavy atom. The van der Waals surface area contributed by atoms with E-state index in [-0.39, 0.29) is 0 Å². The fourth-order valence-electron chi connectivity index (χ4n) is 2.24. The number of rotatable bonds is 8. The van der Waals surface area contributed by atoms with Gasteiger partial charge in [0.05, 0.1) is 0 Å². The molecule has 0 fully saturated rings. The summed E-state index contributed by atoms with van der Waals surface area (Å²) in [6, 6.07) is 5.65. The maximum Gasteiger partial charge on any atom is 0.0388 e. The molecule has 1 rings (SSSR count). The Balaban J connectivity index is 2.32. The summed E-state index contributed by atoms with van der Waals surface area (Å²) in [6.07, 6.45) is 5.12. The van der Waals surface area contributed by atoms with Gasteiger partial charge < -0.3 is 5.32 Å². The van der Waals surface area contributed by atoms with E-state index < -0.39 is 0 Å². The number of hydrogen-bond donors (Lipinski definition) is 1. The van der Waals surface area contributed by atoms with E-state index in [1.165, 1.54) is 29.0 Å². The van der Waals surface area contributed by atoms with E-state index in [1.54, 1.807) is 0 Å². The van der Waals surface area contributed by atoms with Crippen molar-refractivity contribution in [1.82, 2.24) is 5.32 Å². The molecule has 2 heteroatoms. The molecule has 0 saturated carbocycles. The summed E-state index contributed by atoms with van der Waals surface area (Å²) >= 11 is 1.95. The van der Waals surface area contributed by atoms with Gasteiger partial charge in [0.2, 0.25) is 0 Å². The molecule has 0 spiro atoms. The fourth-order valence-corrected chi connectivity index (χ4v) is 3.21. The lowest BCUT2D eigenvalue weighted by Gasteiger charge is -2.19. The highest BCUT2D eigenvalue weighted by atomic mass is 32.1. The largest absolute Gasteiger partial charge is 0.307 e. The lowest BCUT2D eigenvalue weighted by atomic mass is 10.0. The molecule has 0 aromatic carbocycles. The number of hydrogen-bond acceptors (Lipinski definition) is 2. The second-order valence-corrected chi connectivity index (χ2v) is 6.97. The van der Waals surface area contributed by atoms with Gasteiger partial charge in [-0.25, -0.2) is 0 Å². The molecular weight excluding hydrogens is 238 g/mol. The Kier molecular flexibility index (Phi) is 6.95. The molecule has 1 aromatic heterocycles. The maximum absolute atomic E-state index is 3.72. The van der Waals surface area contributed by atoms with Gasteiger partial charge in [0.25, 0.3) is 0 Å². The lowest BCUT2D eigenvalue weighted by Crippen LogP contribution is -2.28. The first-order valence-electron chi connectivity index (χ1n) is 7.37. The van der Waals surface area contributed by atoms with Gasteiger partial charge in [0, 0.05) is 21.8 Å². The van der Waals surface area contributed by atoms with Gasteiger partial charge in [-0.2, -0.15) is 0 Å². The minimum atomic E-state index is 0.490. The van der Waals surface area contributed by atoms with E-state index in [2.05, 4.69) is 52.1 Å². The average Bonchev–Trinajstić information content (AvgIpc) is 2.76. The quantitative estimate of drug-likeness (QED) is 0.684. The van der Waals surface area contributed by atoms with Gasteiger partial charge in [0.15, 0.2) is 0 Å². The predicted molar refractivity (Wildman–Crippen MR) is 83.4 cm³/mol. The highest BCUT2D eigenvalue weighted by Crippen LogP contribution is 2.24. The topological polar surface area (TPSA) is 12.0 Å². The highest BCUT2D eigenvalue weighted by molar-refractivity contribution is 7.12. The molecular formula is C16H29NS. The first kappa shape index (κ1) is 15.7. The second kappa shape index (κ2) is 7.96. The molecule has 0 saturated heterocycles. The van der Waals surface area contributed by atoms with Gasteiger partial charge in [-0.3, -0.25) is 0 Å². The van der Waals surface area contributed by atoms with Crippen LogP contribution in [-0.2, 0) is 6.42 Å². The highest BCUT2D eigenvalue weighted by Gasteiger charge is 2.11. The number of nitrogens with one attached hydrogen (secondary N) is 1. The van der Waals surface area contributed by atoms with Crippen LogP contribution in [0, 0.1) is 5.92 Å². The molecule has 0 radical (unpaired) electrons. The van der Waals surface area contributed by atoms with Crippen molar-refractivity contribution in [3.63, 3.8) is 0 Å². The average molecular weight is 267 g/mol. The van der Waals surface area contributed by atoms with E-state index in [0.29, 0.717) is 12.1 Å². The van der Waals surface area contributed by atoms with Gasteiger partial charge in [-0.05, 0) is 44.7 Å². The molecule has 1 heterocycles. The van der Waals surface area contributed by atoms with Gasteiger partial charge in [0.1, 0.15) is 0 Å². The minimum Gasteiger partial charge on any atom is -0.307 e. The van der Waals surface area contributed by atoms with Gasteiger partial charge >= 0.3 is 0 Å². The third-order valence-electron chi connectivity index (χ3n) is 3.41. The number of aryl methyl sites for hydroxylation is 1. The van der Waals surface area contributed by atoms with E-state index >= 15 is 0 Å². The number of thiophene rings is 1. The molecule has 104 valence electrons. The van der Waals surface area contributed by atoms with Crippen LogP contribution in [0.15, 0.2) is 12.1 Å². The van der Waals surface area contributed by atoms with Crippen molar-refractivity contribution in [2.24, 2.45) is 5.92 Å². The lowest BCUT2D eigenvalue weighted by molar-refractivity contribution is 0.426. The molecule has 0 aliphatic rings. The third kappa shape index (κ3) is 5.53. The van der Waals surface area contributed by atoms with Crippen LogP contribution >= 0.6 is 11.3 Å². The monoisotopic (exact) mass is 267 g/mol. The molecule has 0 bridgehead atoms. The predicted octanol–water partition coefficient (Wildman–Crippen LogP) is 5.18. The van der Waals surface area contributed by atoms with Crippen LogP contribution in [0.25, 0.3) is 0 Å². The van der Waals surface area contributed by atoms with Crippen molar-refractivity contribution in [2.75, 3.05) is 0 Å². The molecule has 0 aliphatic carbocycles. The second-order valence-electron chi connectivity index (χ2n) is 5.77. The summed E-state index contributed by atoms with van der Waals surface area (Å²) in [4.78, 5) is 2.97. The standard InChI is InChI=1S/C16H29NS/c1-6-15-10-11-16(18-15)14(5)17-13(4)9-7-8-12(2)3/h10-14,17H,6-9H2,1-5H3. The zero-order valence-corrected chi connectivity index (χ0v) is 13.4. The van der Waals surface area contributed by atoms with Gasteiger partial charge in [-0.1, -0.05) is 33.6 Å². The van der Waals surface area contributed by atoms with Crippen molar-refractivity contribution in [3.8, 4) is 0 Å². The molecule has 1 nitrogen and oxygen atoms in total. The summed E-state index contributed by atoms with van der Waals surface area (Å²) in [7, 11) is 0. The van der Waals surface area contributed by atoms with Crippen molar-refractivity contribution in [3.05, 3.63) is 21.9 Å². The Labute approximate surface area is 117 Å². The van der Waals surface area contributed by atoms with E-state index in [0.717, 1.165) is 12.3 Å². The van der Waals surface area contributed by atoms with Crippen molar-refractivity contribution >= 4 is 11.3 Å². The van der Waals surface area contributed by atoms with Crippen molar-refractivity contribution < 1.29 is 0 Å². The van der Waals surface area contributed by atoms with Gasteiger partial charge in [-0.15, -0.1) is 11.3 Å². The first-order valence-corrected chi connectivity index (χ1v) is 8.19. The van der Waals surface area contributed by atoms with Crippen LogP contribution in [0.2, 0.25) is 0 Å². The minimum absolute atomic E-state index is 0.490. The van der Waals surface area contributed by atoms with Crippen LogP contribution in [0.5, 0.6) is 0 Å². The SMILES string of the molecule is CCc1ccc(C(C)NC(C)CCCC(C)C)s1. The Morgan fingerprint density at radius 2 is 1.83 bits per heavy atom. The summed E-state index contributed by atoms with van der Waals surface area (Å²) < 4.78 is 0. The maximum atomic E-state index is 3.72. The molecule has 1 N–H and O–H groups in total. The Morgan fingerprint density at radius 3 is 2.39 bits per heavy atom. The van der Waals surface area contributed by atoms with E-state index in [4.69, 9.17) is 0 Å². The van der Waals surface area contributed by atoms with Crippen LogP contribution in [0.4, 0.5) is 0 Å². The van der Waals surface area contributed by atoms with Crippen LogP contribution in [0.1, 0.15) is 69.7 Å². The fraction of sp³-hybridized carbons (Fsp3) is 0.750. The normalized spacial score (nSPS) is 15.0. The zero-order valence-electron chi connectivity index (χ0n) is 12.6. The molecule has 2 unspecified atom stereocenters. The molecule has 0 amide bonds.